The zero-order valence-electron chi connectivity index (χ0n) is 16.2. The van der Waals surface area contributed by atoms with Crippen molar-refractivity contribution in [2.45, 2.75) is 25.3 Å². The Hall–Kier alpha value is -4.22. The molecule has 32 heavy (non-hydrogen) atoms. The van der Waals surface area contributed by atoms with Crippen LogP contribution in [-0.2, 0) is 16.0 Å². The van der Waals surface area contributed by atoms with E-state index in [0.717, 1.165) is 10.8 Å². The van der Waals surface area contributed by atoms with Crippen molar-refractivity contribution in [3.63, 3.8) is 0 Å². The maximum atomic E-state index is 15.4. The van der Waals surface area contributed by atoms with E-state index in [-0.39, 0.29) is 54.8 Å². The number of nitrogens with one attached hydrogen (secondary N) is 1. The van der Waals surface area contributed by atoms with Crippen LogP contribution in [0.1, 0.15) is 31.8 Å². The Morgan fingerprint density at radius 2 is 1.97 bits per heavy atom. The smallest absolute Gasteiger partial charge is 0.419 e. The molecule has 0 aliphatic carbocycles. The minimum atomic E-state index is -1.08. The van der Waals surface area contributed by atoms with Gasteiger partial charge in [-0.05, 0) is 30.2 Å². The summed E-state index contributed by atoms with van der Waals surface area (Å²) in [6, 6.07) is 4.27. The van der Waals surface area contributed by atoms with Gasteiger partial charge in [0.15, 0.2) is 11.4 Å². The molecule has 1 fully saturated rings. The van der Waals surface area contributed by atoms with E-state index in [4.69, 9.17) is 8.83 Å². The first kappa shape index (κ1) is 19.7. The van der Waals surface area contributed by atoms with Gasteiger partial charge in [-0.3, -0.25) is 19.5 Å². The van der Waals surface area contributed by atoms with Crippen molar-refractivity contribution in [1.29, 1.82) is 0 Å². The largest absolute Gasteiger partial charge is 0.420 e. The average Bonchev–Trinajstić information content (AvgIpc) is 3.35. The van der Waals surface area contributed by atoms with Crippen LogP contribution < -0.4 is 11.1 Å². The summed E-state index contributed by atoms with van der Waals surface area (Å²) in [5.41, 5.74) is 0.133. The second kappa shape index (κ2) is 7.48. The van der Waals surface area contributed by atoms with Gasteiger partial charge in [-0.25, -0.2) is 18.6 Å². The third-order valence-electron chi connectivity index (χ3n) is 5.07. The Labute approximate surface area is 178 Å². The molecule has 3 aromatic heterocycles. The lowest BCUT2D eigenvalue weighted by molar-refractivity contribution is -0.135. The molecule has 0 spiro atoms. The molecule has 4 aromatic rings. The fourth-order valence-electron chi connectivity index (χ4n) is 3.57. The highest BCUT2D eigenvalue weighted by molar-refractivity contribution is 6.00. The van der Waals surface area contributed by atoms with Crippen LogP contribution in [0.25, 0.3) is 22.7 Å². The van der Waals surface area contributed by atoms with Gasteiger partial charge in [-0.15, -0.1) is 10.2 Å². The number of rotatable bonds is 4. The van der Waals surface area contributed by atoms with Gasteiger partial charge >= 0.3 is 5.76 Å². The standard InChI is InChI=1S/C20H13F2N5O5.H2/c21-10-2-3-11(23-8-10)19-26-25-15(32-19)7-9-1-5-13-17(16(9)22)27(20(30)31-13)12-4-6-14(28)24-18(12)29;/h1-3,5,8,12H,4,6-7H2,(H,24,28,29);1H. The van der Waals surface area contributed by atoms with E-state index in [1.54, 1.807) is 0 Å². The zero-order valence-corrected chi connectivity index (χ0v) is 16.2. The van der Waals surface area contributed by atoms with Crippen LogP contribution >= 0.6 is 0 Å². The molecule has 1 aromatic carbocycles. The minimum Gasteiger partial charge on any atom is -0.419 e. The predicted octanol–water partition coefficient (Wildman–Crippen LogP) is 2.13. The van der Waals surface area contributed by atoms with Gasteiger partial charge in [0.25, 0.3) is 5.89 Å². The number of aromatic nitrogens is 4. The van der Waals surface area contributed by atoms with Crippen molar-refractivity contribution in [3.05, 3.63) is 64.1 Å². The summed E-state index contributed by atoms with van der Waals surface area (Å²) in [6.45, 7) is 0. The number of carbonyl (C=O) groups is 2. The van der Waals surface area contributed by atoms with Crippen LogP contribution in [0.15, 0.2) is 44.1 Å². The Balaban J connectivity index is 0.00000259. The molecular weight excluding hydrogens is 428 g/mol. The van der Waals surface area contributed by atoms with E-state index in [0.29, 0.717) is 0 Å². The van der Waals surface area contributed by atoms with E-state index < -0.39 is 35.2 Å². The number of carbonyl (C=O) groups excluding carboxylic acids is 2. The van der Waals surface area contributed by atoms with E-state index in [2.05, 4.69) is 20.5 Å². The molecule has 1 unspecified atom stereocenters. The lowest BCUT2D eigenvalue weighted by atomic mass is 10.0. The quantitative estimate of drug-likeness (QED) is 0.474. The lowest BCUT2D eigenvalue weighted by Crippen LogP contribution is -2.43. The van der Waals surface area contributed by atoms with E-state index >= 15 is 4.39 Å². The van der Waals surface area contributed by atoms with Gasteiger partial charge in [0.2, 0.25) is 17.7 Å². The average molecular weight is 443 g/mol. The van der Waals surface area contributed by atoms with Crippen molar-refractivity contribution < 1.29 is 28.6 Å². The fraction of sp³-hybridized carbons (Fsp3) is 0.200. The Kier molecular flexibility index (Phi) is 4.61. The number of halogens is 2. The molecule has 0 saturated carbocycles. The molecule has 0 bridgehead atoms. The van der Waals surface area contributed by atoms with Crippen molar-refractivity contribution in [3.8, 4) is 11.6 Å². The summed E-state index contributed by atoms with van der Waals surface area (Å²) in [5, 5.41) is 9.83. The zero-order chi connectivity index (χ0) is 22.4. The van der Waals surface area contributed by atoms with E-state index in [1.807, 2.05) is 0 Å². The number of pyridine rings is 1. The SMILES string of the molecule is O=C1CCC(n2c(=O)oc3ccc(Cc4nnc(-c5ccc(F)cn5)o4)c(F)c32)C(=O)N1.[HH]. The molecular formula is C20H15F2N5O5. The predicted molar refractivity (Wildman–Crippen MR) is 104 cm³/mol. The first-order valence-corrected chi connectivity index (χ1v) is 9.51. The number of hydrogen-bond acceptors (Lipinski definition) is 8. The van der Waals surface area contributed by atoms with E-state index in [9.17, 15) is 18.8 Å². The molecule has 5 rings (SSSR count). The monoisotopic (exact) mass is 443 g/mol. The molecule has 4 heterocycles. The third-order valence-corrected chi connectivity index (χ3v) is 5.07. The van der Waals surface area contributed by atoms with Gasteiger partial charge in [-0.1, -0.05) is 6.07 Å². The van der Waals surface area contributed by atoms with Crippen LogP contribution in [-0.4, -0.2) is 31.6 Å². The van der Waals surface area contributed by atoms with Gasteiger partial charge in [0, 0.05) is 7.85 Å². The summed E-state index contributed by atoms with van der Waals surface area (Å²) < 4.78 is 39.9. The molecule has 12 heteroatoms. The van der Waals surface area contributed by atoms with Gasteiger partial charge < -0.3 is 8.83 Å². The molecule has 0 radical (unpaired) electrons. The number of hydrogen-bond donors (Lipinski definition) is 1. The van der Waals surface area contributed by atoms with Crippen LogP contribution in [0, 0.1) is 11.6 Å². The van der Waals surface area contributed by atoms with Crippen molar-refractivity contribution in [2.75, 3.05) is 0 Å². The number of oxazole rings is 1. The van der Waals surface area contributed by atoms with E-state index in [1.165, 1.54) is 24.3 Å². The maximum Gasteiger partial charge on any atom is 0.420 e. The number of benzene rings is 1. The number of fused-ring (bicyclic) bond motifs is 1. The van der Waals surface area contributed by atoms with Gasteiger partial charge in [-0.2, -0.15) is 0 Å². The second-order valence-electron chi connectivity index (χ2n) is 7.13. The summed E-state index contributed by atoms with van der Waals surface area (Å²) in [5.74, 6) is -3.30. The fourth-order valence-corrected chi connectivity index (χ4v) is 3.57. The molecule has 10 nitrogen and oxygen atoms in total. The normalized spacial score (nSPS) is 16.5. The van der Waals surface area contributed by atoms with Crippen LogP contribution in [0.4, 0.5) is 8.78 Å². The third kappa shape index (κ3) is 3.35. The lowest BCUT2D eigenvalue weighted by Gasteiger charge is -2.21. The summed E-state index contributed by atoms with van der Waals surface area (Å²) in [6.07, 6.45) is 0.935. The van der Waals surface area contributed by atoms with Crippen molar-refractivity contribution >= 4 is 22.9 Å². The number of imide groups is 1. The Morgan fingerprint density at radius 3 is 2.72 bits per heavy atom. The highest BCUT2D eigenvalue weighted by atomic mass is 19.1. The minimum absolute atomic E-state index is 0. The van der Waals surface area contributed by atoms with Crippen molar-refractivity contribution in [1.82, 2.24) is 25.1 Å². The molecule has 164 valence electrons. The number of nitrogens with zero attached hydrogens (tertiary/aromatic N) is 4. The van der Waals surface area contributed by atoms with Gasteiger partial charge in [0.1, 0.15) is 23.1 Å². The topological polar surface area (TPSA) is 133 Å². The van der Waals surface area contributed by atoms with Crippen LogP contribution in [0.5, 0.6) is 0 Å². The first-order valence-electron chi connectivity index (χ1n) is 9.51. The summed E-state index contributed by atoms with van der Waals surface area (Å²) >= 11 is 0. The molecule has 2 amide bonds. The van der Waals surface area contributed by atoms with Crippen molar-refractivity contribution in [2.24, 2.45) is 0 Å². The number of amides is 2. The Bertz CT molecular complexity index is 1430. The Morgan fingerprint density at radius 1 is 1.12 bits per heavy atom. The molecule has 1 atom stereocenters. The molecule has 1 aliphatic rings. The molecule has 1 saturated heterocycles. The summed E-state index contributed by atoms with van der Waals surface area (Å²) in [4.78, 5) is 39.9. The summed E-state index contributed by atoms with van der Waals surface area (Å²) in [7, 11) is 0. The maximum absolute atomic E-state index is 15.4. The highest BCUT2D eigenvalue weighted by Gasteiger charge is 2.32. The molecule has 1 aliphatic heterocycles. The van der Waals surface area contributed by atoms with Crippen LogP contribution in [0.2, 0.25) is 0 Å². The van der Waals surface area contributed by atoms with Gasteiger partial charge in [0.05, 0.1) is 12.6 Å². The van der Waals surface area contributed by atoms with Crippen LogP contribution in [0.3, 0.4) is 0 Å². The number of piperidine rings is 1. The first-order chi connectivity index (χ1) is 15.4. The second-order valence-corrected chi connectivity index (χ2v) is 7.13. The highest BCUT2D eigenvalue weighted by Crippen LogP contribution is 2.28. The molecule has 1 N–H and O–H groups in total.